The Labute approximate surface area is 129 Å². The first-order valence-electron chi connectivity index (χ1n) is 7.21. The predicted molar refractivity (Wildman–Crippen MR) is 82.7 cm³/mol. The van der Waals surface area contributed by atoms with Crippen LogP contribution in [0.3, 0.4) is 0 Å². The van der Waals surface area contributed by atoms with E-state index in [1.807, 2.05) is 26.0 Å². The first kappa shape index (κ1) is 14.2. The Morgan fingerprint density at radius 1 is 1.05 bits per heavy atom. The first-order valence-corrected chi connectivity index (χ1v) is 7.21. The van der Waals surface area contributed by atoms with Crippen molar-refractivity contribution in [2.45, 2.75) is 13.8 Å². The van der Waals surface area contributed by atoms with Gasteiger partial charge in [0.1, 0.15) is 23.4 Å². The first-order chi connectivity index (χ1) is 10.7. The molecule has 7 nitrogen and oxygen atoms in total. The molecule has 2 aromatic rings. The van der Waals surface area contributed by atoms with E-state index in [4.69, 9.17) is 5.26 Å². The number of piperazine rings is 1. The summed E-state index contributed by atoms with van der Waals surface area (Å²) in [6.07, 6.45) is 1.63. The highest BCUT2D eigenvalue weighted by Crippen LogP contribution is 2.17. The monoisotopic (exact) mass is 295 g/mol. The summed E-state index contributed by atoms with van der Waals surface area (Å²) in [6, 6.07) is 5.68. The van der Waals surface area contributed by atoms with Gasteiger partial charge in [0.25, 0.3) is 0 Å². The molecule has 112 valence electrons. The fraction of sp³-hybridized carbons (Fsp3) is 0.400. The molecule has 0 bridgehead atoms. The van der Waals surface area contributed by atoms with E-state index in [0.717, 1.165) is 43.5 Å². The molecule has 7 heteroatoms. The molecule has 3 heterocycles. The van der Waals surface area contributed by atoms with E-state index in [0.29, 0.717) is 11.6 Å². The number of aryl methyl sites for hydroxylation is 2. The van der Waals surface area contributed by atoms with Crippen molar-refractivity contribution in [2.75, 3.05) is 36.0 Å². The average molecular weight is 295 g/mol. The minimum atomic E-state index is 0.398. The Bertz CT molecular complexity index is 694. The molecule has 1 aliphatic rings. The van der Waals surface area contributed by atoms with Crippen LogP contribution < -0.4 is 9.80 Å². The molecule has 1 fully saturated rings. The summed E-state index contributed by atoms with van der Waals surface area (Å²) >= 11 is 0. The third kappa shape index (κ3) is 2.96. The molecule has 0 unspecified atom stereocenters. The zero-order valence-corrected chi connectivity index (χ0v) is 12.7. The summed E-state index contributed by atoms with van der Waals surface area (Å²) in [5, 5.41) is 8.92. The number of nitrogens with zero attached hydrogens (tertiary/aromatic N) is 7. The lowest BCUT2D eigenvalue weighted by atomic mass is 10.3. The van der Waals surface area contributed by atoms with Gasteiger partial charge in [0.15, 0.2) is 0 Å². The van der Waals surface area contributed by atoms with Gasteiger partial charge in [-0.15, -0.1) is 0 Å². The number of hydrogen-bond donors (Lipinski definition) is 0. The van der Waals surface area contributed by atoms with Gasteiger partial charge in [-0.25, -0.2) is 19.9 Å². The van der Waals surface area contributed by atoms with Gasteiger partial charge in [-0.05, 0) is 19.9 Å². The van der Waals surface area contributed by atoms with E-state index in [1.54, 1.807) is 12.3 Å². The van der Waals surface area contributed by atoms with E-state index >= 15 is 0 Å². The van der Waals surface area contributed by atoms with Crippen molar-refractivity contribution >= 4 is 11.8 Å². The molecule has 22 heavy (non-hydrogen) atoms. The molecule has 0 aliphatic carbocycles. The lowest BCUT2D eigenvalue weighted by Gasteiger charge is -2.35. The van der Waals surface area contributed by atoms with Gasteiger partial charge in [-0.3, -0.25) is 0 Å². The Kier molecular flexibility index (Phi) is 3.83. The molecule has 1 saturated heterocycles. The Hall–Kier alpha value is -2.75. The van der Waals surface area contributed by atoms with E-state index < -0.39 is 0 Å². The predicted octanol–water partition coefficient (Wildman–Crippen LogP) is 1.08. The smallest absolute Gasteiger partial charge is 0.226 e. The van der Waals surface area contributed by atoms with Gasteiger partial charge in [0.05, 0.1) is 0 Å². The van der Waals surface area contributed by atoms with E-state index in [9.17, 15) is 0 Å². The molecule has 0 spiro atoms. The lowest BCUT2D eigenvalue weighted by Crippen LogP contribution is -2.47. The minimum Gasteiger partial charge on any atom is -0.353 e. The Morgan fingerprint density at radius 3 is 2.45 bits per heavy atom. The number of hydrogen-bond acceptors (Lipinski definition) is 7. The van der Waals surface area contributed by atoms with Crippen LogP contribution in [0.1, 0.15) is 17.2 Å². The summed E-state index contributed by atoms with van der Waals surface area (Å²) in [6.45, 7) is 7.18. The topological polar surface area (TPSA) is 81.8 Å². The van der Waals surface area contributed by atoms with Crippen LogP contribution in [-0.2, 0) is 0 Å². The van der Waals surface area contributed by atoms with Gasteiger partial charge < -0.3 is 9.80 Å². The van der Waals surface area contributed by atoms with Crippen LogP contribution in [0.4, 0.5) is 11.8 Å². The van der Waals surface area contributed by atoms with Gasteiger partial charge in [-0.1, -0.05) is 0 Å². The maximum atomic E-state index is 8.92. The van der Waals surface area contributed by atoms with Crippen molar-refractivity contribution in [3.8, 4) is 6.07 Å². The molecular formula is C15H17N7. The summed E-state index contributed by atoms with van der Waals surface area (Å²) < 4.78 is 0. The molecular weight excluding hydrogens is 278 g/mol. The van der Waals surface area contributed by atoms with Crippen molar-refractivity contribution in [2.24, 2.45) is 0 Å². The van der Waals surface area contributed by atoms with Crippen LogP contribution in [-0.4, -0.2) is 46.1 Å². The van der Waals surface area contributed by atoms with E-state index in [-0.39, 0.29) is 0 Å². The number of nitriles is 1. The average Bonchev–Trinajstić information content (AvgIpc) is 2.54. The Balaban J connectivity index is 1.71. The fourth-order valence-electron chi connectivity index (χ4n) is 2.56. The van der Waals surface area contributed by atoms with Crippen LogP contribution in [0.15, 0.2) is 18.3 Å². The minimum absolute atomic E-state index is 0.398. The van der Waals surface area contributed by atoms with Crippen molar-refractivity contribution in [1.82, 2.24) is 19.9 Å². The van der Waals surface area contributed by atoms with Crippen LogP contribution in [0.2, 0.25) is 0 Å². The number of rotatable bonds is 2. The van der Waals surface area contributed by atoms with Crippen molar-refractivity contribution in [3.05, 3.63) is 35.5 Å². The third-order valence-corrected chi connectivity index (χ3v) is 3.60. The molecule has 1 aliphatic heterocycles. The fourth-order valence-corrected chi connectivity index (χ4v) is 2.56. The second-order valence-corrected chi connectivity index (χ2v) is 5.24. The zero-order chi connectivity index (χ0) is 15.5. The molecule has 0 radical (unpaired) electrons. The molecule has 0 amide bonds. The highest BCUT2D eigenvalue weighted by Gasteiger charge is 2.20. The van der Waals surface area contributed by atoms with Gasteiger partial charge in [-0.2, -0.15) is 5.26 Å². The van der Waals surface area contributed by atoms with Gasteiger partial charge in [0.2, 0.25) is 5.95 Å². The standard InChI is InChI=1S/C15H17N7/c1-11-9-14(19-12(2)18-11)21-5-7-22(8-6-21)15-17-4-3-13(10-16)20-15/h3-4,9H,5-8H2,1-2H3. The lowest BCUT2D eigenvalue weighted by molar-refractivity contribution is 0.632. The number of aromatic nitrogens is 4. The van der Waals surface area contributed by atoms with Crippen molar-refractivity contribution < 1.29 is 0 Å². The van der Waals surface area contributed by atoms with Gasteiger partial charge >= 0.3 is 0 Å². The third-order valence-electron chi connectivity index (χ3n) is 3.60. The van der Waals surface area contributed by atoms with Crippen LogP contribution in [0.25, 0.3) is 0 Å². The summed E-state index contributed by atoms with van der Waals surface area (Å²) in [4.78, 5) is 21.7. The second kappa shape index (κ2) is 5.93. The molecule has 0 atom stereocenters. The zero-order valence-electron chi connectivity index (χ0n) is 12.7. The molecule has 0 saturated carbocycles. The van der Waals surface area contributed by atoms with Crippen molar-refractivity contribution in [3.63, 3.8) is 0 Å². The van der Waals surface area contributed by atoms with E-state index in [2.05, 4.69) is 29.7 Å². The van der Waals surface area contributed by atoms with Crippen LogP contribution in [0.5, 0.6) is 0 Å². The SMILES string of the molecule is Cc1cc(N2CCN(c3nccc(C#N)n3)CC2)nc(C)n1. The van der Waals surface area contributed by atoms with Gasteiger partial charge in [0, 0.05) is 44.1 Å². The quantitative estimate of drug-likeness (QED) is 0.820. The number of anilines is 2. The highest BCUT2D eigenvalue weighted by molar-refractivity contribution is 5.43. The highest BCUT2D eigenvalue weighted by atomic mass is 15.3. The molecule has 0 aromatic carbocycles. The van der Waals surface area contributed by atoms with Crippen LogP contribution >= 0.6 is 0 Å². The Morgan fingerprint density at radius 2 is 1.77 bits per heavy atom. The van der Waals surface area contributed by atoms with Crippen molar-refractivity contribution in [1.29, 1.82) is 5.26 Å². The largest absolute Gasteiger partial charge is 0.353 e. The summed E-state index contributed by atoms with van der Waals surface area (Å²) in [5.41, 5.74) is 1.38. The summed E-state index contributed by atoms with van der Waals surface area (Å²) in [7, 11) is 0. The molecule has 0 N–H and O–H groups in total. The molecule has 2 aromatic heterocycles. The van der Waals surface area contributed by atoms with Crippen LogP contribution in [0, 0.1) is 25.2 Å². The maximum absolute atomic E-state index is 8.92. The second-order valence-electron chi connectivity index (χ2n) is 5.24. The molecule has 3 rings (SSSR count). The maximum Gasteiger partial charge on any atom is 0.226 e. The normalized spacial score (nSPS) is 14.8. The summed E-state index contributed by atoms with van der Waals surface area (Å²) in [5.74, 6) is 2.38. The van der Waals surface area contributed by atoms with E-state index in [1.165, 1.54) is 0 Å².